The molecule has 6 heteroatoms. The van der Waals surface area contributed by atoms with E-state index >= 15 is 0 Å². The van der Waals surface area contributed by atoms with Crippen LogP contribution in [0.2, 0.25) is 0 Å². The van der Waals surface area contributed by atoms with Gasteiger partial charge in [-0.25, -0.2) is 14.4 Å². The van der Waals surface area contributed by atoms with E-state index < -0.39 is 5.82 Å². The summed E-state index contributed by atoms with van der Waals surface area (Å²) >= 11 is 0. The number of nitriles is 1. The monoisotopic (exact) mass is 295 g/mol. The predicted molar refractivity (Wildman–Crippen MR) is 82.3 cm³/mol. The SMILES string of the molecule is CCc1cc(C#N)cc(F)c1Nc1cc2c(cn1)ncn2C. The lowest BCUT2D eigenvalue weighted by atomic mass is 10.1. The third-order valence-corrected chi connectivity index (χ3v) is 3.55. The second kappa shape index (κ2) is 5.45. The first-order valence-corrected chi connectivity index (χ1v) is 6.89. The van der Waals surface area contributed by atoms with E-state index in [4.69, 9.17) is 5.26 Å². The highest BCUT2D eigenvalue weighted by molar-refractivity contribution is 5.78. The summed E-state index contributed by atoms with van der Waals surface area (Å²) in [7, 11) is 1.89. The zero-order chi connectivity index (χ0) is 15.7. The molecule has 2 heterocycles. The fourth-order valence-corrected chi connectivity index (χ4v) is 2.37. The first kappa shape index (κ1) is 14.0. The summed E-state index contributed by atoms with van der Waals surface area (Å²) in [5.41, 5.74) is 3.10. The van der Waals surface area contributed by atoms with Crippen LogP contribution in [0.25, 0.3) is 11.0 Å². The molecule has 0 atom stereocenters. The number of aromatic nitrogens is 3. The van der Waals surface area contributed by atoms with Gasteiger partial charge in [0.2, 0.25) is 0 Å². The van der Waals surface area contributed by atoms with Gasteiger partial charge in [0.1, 0.15) is 17.2 Å². The fraction of sp³-hybridized carbons (Fsp3) is 0.188. The van der Waals surface area contributed by atoms with Crippen LogP contribution in [0.1, 0.15) is 18.1 Å². The average molecular weight is 295 g/mol. The van der Waals surface area contributed by atoms with E-state index in [1.54, 1.807) is 18.6 Å². The highest BCUT2D eigenvalue weighted by Gasteiger charge is 2.12. The fourth-order valence-electron chi connectivity index (χ4n) is 2.37. The third kappa shape index (κ3) is 2.37. The normalized spacial score (nSPS) is 10.6. The number of hydrogen-bond donors (Lipinski definition) is 1. The number of aryl methyl sites for hydroxylation is 2. The third-order valence-electron chi connectivity index (χ3n) is 3.55. The smallest absolute Gasteiger partial charge is 0.148 e. The van der Waals surface area contributed by atoms with Crippen molar-refractivity contribution in [2.24, 2.45) is 7.05 Å². The lowest BCUT2D eigenvalue weighted by Crippen LogP contribution is -2.01. The zero-order valence-corrected chi connectivity index (χ0v) is 12.3. The molecule has 0 unspecified atom stereocenters. The predicted octanol–water partition coefficient (Wildman–Crippen LogP) is 3.29. The van der Waals surface area contributed by atoms with Gasteiger partial charge in [0.25, 0.3) is 0 Å². The number of nitrogens with zero attached hydrogens (tertiary/aromatic N) is 4. The summed E-state index contributed by atoms with van der Waals surface area (Å²) in [4.78, 5) is 8.46. The number of nitrogens with one attached hydrogen (secondary N) is 1. The van der Waals surface area contributed by atoms with Crippen LogP contribution in [0.4, 0.5) is 15.9 Å². The van der Waals surface area contributed by atoms with Crippen molar-refractivity contribution >= 4 is 22.5 Å². The topological polar surface area (TPSA) is 66.5 Å². The highest BCUT2D eigenvalue weighted by atomic mass is 19.1. The summed E-state index contributed by atoms with van der Waals surface area (Å²) in [5.74, 6) is 0.0808. The Hall–Kier alpha value is -2.94. The van der Waals surface area contributed by atoms with Crippen LogP contribution in [-0.4, -0.2) is 14.5 Å². The Kier molecular flexibility index (Phi) is 3.47. The van der Waals surface area contributed by atoms with Crippen molar-refractivity contribution in [1.29, 1.82) is 5.26 Å². The van der Waals surface area contributed by atoms with E-state index in [-0.39, 0.29) is 0 Å². The number of pyridine rings is 1. The molecular formula is C16H14FN5. The molecule has 0 aliphatic rings. The first-order valence-electron chi connectivity index (χ1n) is 6.89. The van der Waals surface area contributed by atoms with Crippen LogP contribution in [0, 0.1) is 17.1 Å². The number of halogens is 1. The summed E-state index contributed by atoms with van der Waals surface area (Å²) in [6.45, 7) is 1.92. The first-order chi connectivity index (χ1) is 10.6. The minimum atomic E-state index is -0.456. The number of fused-ring (bicyclic) bond motifs is 1. The lowest BCUT2D eigenvalue weighted by molar-refractivity contribution is 0.629. The Morgan fingerprint density at radius 2 is 2.14 bits per heavy atom. The Morgan fingerprint density at radius 3 is 2.86 bits per heavy atom. The summed E-state index contributed by atoms with van der Waals surface area (Å²) in [6, 6.07) is 6.70. The molecule has 0 saturated carbocycles. The average Bonchev–Trinajstić information content (AvgIpc) is 2.90. The standard InChI is InChI=1S/C16H14FN5/c1-3-11-4-10(7-18)5-12(17)16(11)21-15-6-14-13(8-19-15)20-9-22(14)2/h4-6,8-9H,3H2,1-2H3,(H,19,21). The molecule has 2 aromatic heterocycles. The molecule has 0 fully saturated rings. The van der Waals surface area contributed by atoms with Crippen LogP contribution in [0.5, 0.6) is 0 Å². The van der Waals surface area contributed by atoms with E-state index in [9.17, 15) is 4.39 Å². The Balaban J connectivity index is 2.04. The number of rotatable bonds is 3. The van der Waals surface area contributed by atoms with Crippen molar-refractivity contribution in [2.45, 2.75) is 13.3 Å². The van der Waals surface area contributed by atoms with Crippen molar-refractivity contribution in [1.82, 2.24) is 14.5 Å². The number of benzene rings is 1. The highest BCUT2D eigenvalue weighted by Crippen LogP contribution is 2.26. The van der Waals surface area contributed by atoms with Crippen LogP contribution >= 0.6 is 0 Å². The van der Waals surface area contributed by atoms with Crippen molar-refractivity contribution in [3.63, 3.8) is 0 Å². The van der Waals surface area contributed by atoms with Gasteiger partial charge >= 0.3 is 0 Å². The van der Waals surface area contributed by atoms with Gasteiger partial charge in [-0.1, -0.05) is 6.92 Å². The molecule has 110 valence electrons. The summed E-state index contributed by atoms with van der Waals surface area (Å²) in [5, 5.41) is 11.9. The second-order valence-electron chi connectivity index (χ2n) is 5.00. The quantitative estimate of drug-likeness (QED) is 0.805. The molecule has 0 aliphatic heterocycles. The van der Waals surface area contributed by atoms with Gasteiger partial charge in [0.05, 0.1) is 35.4 Å². The Morgan fingerprint density at radius 1 is 1.32 bits per heavy atom. The molecule has 0 saturated heterocycles. The van der Waals surface area contributed by atoms with Gasteiger partial charge in [-0.2, -0.15) is 5.26 Å². The van der Waals surface area contributed by atoms with Crippen molar-refractivity contribution < 1.29 is 4.39 Å². The van der Waals surface area contributed by atoms with Gasteiger partial charge in [0, 0.05) is 13.1 Å². The minimum absolute atomic E-state index is 0.315. The van der Waals surface area contributed by atoms with E-state index in [1.807, 2.05) is 30.7 Å². The van der Waals surface area contributed by atoms with E-state index in [1.165, 1.54) is 6.07 Å². The lowest BCUT2D eigenvalue weighted by Gasteiger charge is -2.12. The number of imidazole rings is 1. The minimum Gasteiger partial charge on any atom is -0.338 e. The van der Waals surface area contributed by atoms with Gasteiger partial charge in [0.15, 0.2) is 0 Å². The summed E-state index contributed by atoms with van der Waals surface area (Å²) < 4.78 is 16.1. The molecular weight excluding hydrogens is 281 g/mol. The van der Waals surface area contributed by atoms with Crippen LogP contribution < -0.4 is 5.32 Å². The molecule has 1 N–H and O–H groups in total. The van der Waals surface area contributed by atoms with Crippen LogP contribution in [-0.2, 0) is 13.5 Å². The molecule has 0 spiro atoms. The molecule has 1 aromatic carbocycles. The van der Waals surface area contributed by atoms with Gasteiger partial charge in [-0.05, 0) is 24.1 Å². The maximum absolute atomic E-state index is 14.2. The number of anilines is 2. The van der Waals surface area contributed by atoms with Crippen molar-refractivity contribution in [3.8, 4) is 6.07 Å². The van der Waals surface area contributed by atoms with Gasteiger partial charge in [-0.3, -0.25) is 0 Å². The van der Waals surface area contributed by atoms with Gasteiger partial charge in [-0.15, -0.1) is 0 Å². The van der Waals surface area contributed by atoms with E-state index in [2.05, 4.69) is 15.3 Å². The molecule has 5 nitrogen and oxygen atoms in total. The maximum atomic E-state index is 14.2. The molecule has 3 rings (SSSR count). The van der Waals surface area contributed by atoms with Gasteiger partial charge < -0.3 is 9.88 Å². The molecule has 0 aliphatic carbocycles. The number of hydrogen-bond acceptors (Lipinski definition) is 4. The Bertz CT molecular complexity index is 891. The van der Waals surface area contributed by atoms with Crippen LogP contribution in [0.3, 0.4) is 0 Å². The summed E-state index contributed by atoms with van der Waals surface area (Å²) in [6.07, 6.45) is 3.96. The molecule has 3 aromatic rings. The largest absolute Gasteiger partial charge is 0.338 e. The van der Waals surface area contributed by atoms with E-state index in [0.29, 0.717) is 23.5 Å². The second-order valence-corrected chi connectivity index (χ2v) is 5.00. The molecule has 0 amide bonds. The van der Waals surface area contributed by atoms with Crippen molar-refractivity contribution in [3.05, 3.63) is 47.7 Å². The molecule has 22 heavy (non-hydrogen) atoms. The molecule has 0 bridgehead atoms. The van der Waals surface area contributed by atoms with E-state index in [0.717, 1.165) is 16.6 Å². The molecule has 0 radical (unpaired) electrons. The van der Waals surface area contributed by atoms with Crippen molar-refractivity contribution in [2.75, 3.05) is 5.32 Å². The maximum Gasteiger partial charge on any atom is 0.148 e. The zero-order valence-electron chi connectivity index (χ0n) is 12.3. The van der Waals surface area contributed by atoms with Crippen LogP contribution in [0.15, 0.2) is 30.7 Å². The Labute approximate surface area is 127 Å².